The molecule has 3 aromatic carbocycles. The number of aryl methyl sites for hydroxylation is 1. The number of pyridine rings is 1. The first-order chi connectivity index (χ1) is 16.0. The highest BCUT2D eigenvalue weighted by atomic mass is 35.5. The number of halogens is 2. The summed E-state index contributed by atoms with van der Waals surface area (Å²) in [6.45, 7) is 0. The number of ketones is 1. The lowest BCUT2D eigenvalue weighted by Crippen LogP contribution is -2.04. The largest absolute Gasteiger partial charge is 0.340 e. The van der Waals surface area contributed by atoms with E-state index >= 15 is 0 Å². The Hall–Kier alpha value is -3.28. The molecule has 1 N–H and O–H groups in total. The molecule has 0 aliphatic rings. The Labute approximate surface area is 199 Å². The highest BCUT2D eigenvalue weighted by molar-refractivity contribution is 7.18. The molecule has 2 aromatic heterocycles. The van der Waals surface area contributed by atoms with Gasteiger partial charge >= 0.3 is 0 Å². The van der Waals surface area contributed by atoms with Crippen molar-refractivity contribution in [2.45, 2.75) is 19.3 Å². The third-order valence-electron chi connectivity index (χ3n) is 5.53. The van der Waals surface area contributed by atoms with Crippen molar-refractivity contribution in [2.75, 3.05) is 5.32 Å². The van der Waals surface area contributed by atoms with Crippen molar-refractivity contribution in [3.63, 3.8) is 0 Å². The van der Waals surface area contributed by atoms with Crippen LogP contribution in [-0.2, 0) is 17.6 Å². The van der Waals surface area contributed by atoms with Crippen LogP contribution in [0, 0.1) is 5.82 Å². The van der Waals surface area contributed by atoms with Gasteiger partial charge in [-0.3, -0.25) is 4.79 Å². The maximum absolute atomic E-state index is 13.6. The third-order valence-corrected chi connectivity index (χ3v) is 6.71. The van der Waals surface area contributed by atoms with Gasteiger partial charge in [-0.25, -0.2) is 9.37 Å². The Morgan fingerprint density at radius 3 is 2.70 bits per heavy atom. The van der Waals surface area contributed by atoms with Crippen LogP contribution in [0.2, 0.25) is 5.02 Å². The Morgan fingerprint density at radius 1 is 0.970 bits per heavy atom. The SMILES string of the molecule is O=C(CCc1ccc2c(c1)nc(Nc1cccc(F)c1)c1ccsc12)Cc1cccc(Cl)c1. The van der Waals surface area contributed by atoms with Crippen LogP contribution >= 0.6 is 22.9 Å². The fourth-order valence-electron chi connectivity index (χ4n) is 3.95. The Morgan fingerprint density at radius 2 is 1.85 bits per heavy atom. The van der Waals surface area contributed by atoms with E-state index in [-0.39, 0.29) is 11.6 Å². The molecule has 164 valence electrons. The Bertz CT molecular complexity index is 1480. The second kappa shape index (κ2) is 9.30. The normalized spacial score (nSPS) is 11.2. The quantitative estimate of drug-likeness (QED) is 0.262. The second-order valence-electron chi connectivity index (χ2n) is 7.96. The highest BCUT2D eigenvalue weighted by Crippen LogP contribution is 2.35. The van der Waals surface area contributed by atoms with Crippen molar-refractivity contribution in [3.8, 4) is 0 Å². The van der Waals surface area contributed by atoms with Gasteiger partial charge in [0.15, 0.2) is 0 Å². The van der Waals surface area contributed by atoms with Gasteiger partial charge in [-0.15, -0.1) is 11.3 Å². The Balaban J connectivity index is 1.38. The summed E-state index contributed by atoms with van der Waals surface area (Å²) in [4.78, 5) is 17.3. The molecule has 33 heavy (non-hydrogen) atoms. The number of aromatic nitrogens is 1. The summed E-state index contributed by atoms with van der Waals surface area (Å²) in [5.74, 6) is 0.568. The molecular formula is C27H20ClFN2OS. The molecule has 5 rings (SSSR count). The van der Waals surface area contributed by atoms with Crippen LogP contribution in [0.15, 0.2) is 78.2 Å². The van der Waals surface area contributed by atoms with Gasteiger partial charge in [-0.1, -0.05) is 41.9 Å². The summed E-state index contributed by atoms with van der Waals surface area (Å²) in [5, 5.41) is 8.00. The Kier molecular flexibility index (Phi) is 6.07. The molecule has 0 bridgehead atoms. The minimum Gasteiger partial charge on any atom is -0.340 e. The summed E-state index contributed by atoms with van der Waals surface area (Å²) in [7, 11) is 0. The topological polar surface area (TPSA) is 42.0 Å². The maximum atomic E-state index is 13.6. The molecule has 6 heteroatoms. The number of thiophene rings is 1. The van der Waals surface area contributed by atoms with Crippen molar-refractivity contribution >= 4 is 61.2 Å². The molecular weight excluding hydrogens is 455 g/mol. The average Bonchev–Trinajstić information content (AvgIpc) is 3.28. The fourth-order valence-corrected chi connectivity index (χ4v) is 5.09. The average molecular weight is 475 g/mol. The summed E-state index contributed by atoms with van der Waals surface area (Å²) in [5.41, 5.74) is 3.49. The molecule has 0 amide bonds. The van der Waals surface area contributed by atoms with Gasteiger partial charge in [0.2, 0.25) is 0 Å². The monoisotopic (exact) mass is 474 g/mol. The van der Waals surface area contributed by atoms with Crippen LogP contribution < -0.4 is 5.32 Å². The minimum atomic E-state index is -0.299. The number of carbonyl (C=O) groups is 1. The number of carbonyl (C=O) groups excluding carboxylic acids is 1. The molecule has 0 saturated carbocycles. The number of nitrogens with one attached hydrogen (secondary N) is 1. The van der Waals surface area contributed by atoms with E-state index < -0.39 is 0 Å². The molecule has 0 atom stereocenters. The lowest BCUT2D eigenvalue weighted by Gasteiger charge is -2.10. The lowest BCUT2D eigenvalue weighted by molar-refractivity contribution is -0.118. The van der Waals surface area contributed by atoms with E-state index in [0.29, 0.717) is 35.8 Å². The molecule has 0 unspecified atom stereocenters. The molecule has 2 heterocycles. The molecule has 0 aliphatic carbocycles. The molecule has 5 aromatic rings. The molecule has 3 nitrogen and oxygen atoms in total. The van der Waals surface area contributed by atoms with Crippen LogP contribution in [-0.4, -0.2) is 10.8 Å². The smallest absolute Gasteiger partial charge is 0.139 e. The molecule has 0 fully saturated rings. The van der Waals surface area contributed by atoms with Crippen LogP contribution in [0.4, 0.5) is 15.9 Å². The zero-order chi connectivity index (χ0) is 22.8. The lowest BCUT2D eigenvalue weighted by atomic mass is 10.0. The predicted molar refractivity (Wildman–Crippen MR) is 135 cm³/mol. The number of benzene rings is 3. The number of anilines is 2. The van der Waals surface area contributed by atoms with Crippen molar-refractivity contribution in [1.82, 2.24) is 4.98 Å². The van der Waals surface area contributed by atoms with Crippen LogP contribution in [0.1, 0.15) is 17.5 Å². The van der Waals surface area contributed by atoms with Gasteiger partial charge in [0.05, 0.1) is 5.52 Å². The number of rotatable bonds is 7. The molecule has 0 radical (unpaired) electrons. The van der Waals surface area contributed by atoms with E-state index in [4.69, 9.17) is 16.6 Å². The summed E-state index contributed by atoms with van der Waals surface area (Å²) < 4.78 is 14.8. The van der Waals surface area contributed by atoms with E-state index in [0.717, 1.165) is 32.1 Å². The number of hydrogen-bond donors (Lipinski definition) is 1. The van der Waals surface area contributed by atoms with Gasteiger partial charge in [0.1, 0.15) is 17.4 Å². The van der Waals surface area contributed by atoms with Crippen molar-refractivity contribution < 1.29 is 9.18 Å². The minimum absolute atomic E-state index is 0.174. The van der Waals surface area contributed by atoms with Gasteiger partial charge in [0.25, 0.3) is 0 Å². The second-order valence-corrected chi connectivity index (χ2v) is 9.31. The van der Waals surface area contributed by atoms with Crippen molar-refractivity contribution in [1.29, 1.82) is 0 Å². The van der Waals surface area contributed by atoms with Gasteiger partial charge in [-0.2, -0.15) is 0 Å². The van der Waals surface area contributed by atoms with Crippen molar-refractivity contribution in [2.24, 2.45) is 0 Å². The van der Waals surface area contributed by atoms with Gasteiger partial charge < -0.3 is 5.32 Å². The first kappa shape index (κ1) is 21.6. The van der Waals surface area contributed by atoms with E-state index in [2.05, 4.69) is 17.4 Å². The molecule has 0 saturated heterocycles. The number of nitrogens with zero attached hydrogens (tertiary/aromatic N) is 1. The van der Waals surface area contributed by atoms with Crippen LogP contribution in [0.5, 0.6) is 0 Å². The third kappa shape index (κ3) is 4.90. The highest BCUT2D eigenvalue weighted by Gasteiger charge is 2.12. The van der Waals surface area contributed by atoms with E-state index in [9.17, 15) is 9.18 Å². The van der Waals surface area contributed by atoms with Crippen molar-refractivity contribution in [3.05, 3.63) is 100 Å². The van der Waals surface area contributed by atoms with Crippen LogP contribution in [0.3, 0.4) is 0 Å². The van der Waals surface area contributed by atoms with Gasteiger partial charge in [0, 0.05) is 39.0 Å². The predicted octanol–water partition coefficient (Wildman–Crippen LogP) is 7.73. The first-order valence-electron chi connectivity index (χ1n) is 10.6. The van der Waals surface area contributed by atoms with E-state index in [1.54, 1.807) is 23.5 Å². The van der Waals surface area contributed by atoms with Crippen LogP contribution in [0.25, 0.3) is 21.0 Å². The summed E-state index contributed by atoms with van der Waals surface area (Å²) in [6, 6.07) is 22.0. The zero-order valence-electron chi connectivity index (χ0n) is 17.6. The van der Waals surface area contributed by atoms with E-state index in [1.807, 2.05) is 41.8 Å². The van der Waals surface area contributed by atoms with E-state index in [1.165, 1.54) is 12.1 Å². The van der Waals surface area contributed by atoms with Gasteiger partial charge in [-0.05, 0) is 65.4 Å². The standard InChI is InChI=1S/C27H20ClFN2OS/c28-19-4-1-3-18(13-19)14-22(32)9-7-17-8-10-23-25(15-17)31-27(24-11-12-33-26(23)24)30-21-6-2-5-20(29)16-21/h1-6,8,10-13,15-16H,7,9,14H2,(H,30,31). The zero-order valence-corrected chi connectivity index (χ0v) is 19.2. The number of hydrogen-bond acceptors (Lipinski definition) is 4. The number of fused-ring (bicyclic) bond motifs is 3. The summed E-state index contributed by atoms with van der Waals surface area (Å²) >= 11 is 7.67. The number of Topliss-reactive ketones (excluding diaryl/α,β-unsaturated/α-hetero) is 1. The molecule has 0 aliphatic heterocycles. The maximum Gasteiger partial charge on any atom is 0.139 e. The summed E-state index contributed by atoms with van der Waals surface area (Å²) in [6.07, 6.45) is 1.48. The molecule has 0 spiro atoms. The fraction of sp³-hybridized carbons (Fsp3) is 0.111. The first-order valence-corrected chi connectivity index (χ1v) is 11.9.